The number of hydrogen-bond donors (Lipinski definition) is 1. The number of halogens is 1. The maximum absolute atomic E-state index is 9.44. The molecule has 1 aliphatic heterocycles. The van der Waals surface area contributed by atoms with Crippen LogP contribution in [0.5, 0.6) is 5.75 Å². The highest BCUT2D eigenvalue weighted by Gasteiger charge is 2.30. The Morgan fingerprint density at radius 3 is 2.81 bits per heavy atom. The van der Waals surface area contributed by atoms with Gasteiger partial charge in [-0.05, 0) is 24.6 Å². The first kappa shape index (κ1) is 11.7. The van der Waals surface area contributed by atoms with Gasteiger partial charge in [-0.2, -0.15) is 0 Å². The summed E-state index contributed by atoms with van der Waals surface area (Å²) in [5.74, 6) is 0.913. The Hall–Kier alpha value is -0.730. The zero-order valence-electron chi connectivity index (χ0n) is 9.88. The van der Waals surface area contributed by atoms with Crippen molar-refractivity contribution in [3.63, 3.8) is 0 Å². The molecule has 0 saturated heterocycles. The molecule has 0 spiro atoms. The van der Waals surface area contributed by atoms with Gasteiger partial charge in [0.15, 0.2) is 0 Å². The molecule has 2 nitrogen and oxygen atoms in total. The molecule has 3 heteroatoms. The highest BCUT2D eigenvalue weighted by atomic mass is 35.5. The van der Waals surface area contributed by atoms with Crippen LogP contribution >= 0.6 is 11.6 Å². The van der Waals surface area contributed by atoms with E-state index in [-0.39, 0.29) is 18.1 Å². The Balaban J connectivity index is 2.55. The normalized spacial score (nSPS) is 19.4. The average Bonchev–Trinajstić information content (AvgIpc) is 2.56. The number of aliphatic hydroxyl groups is 1. The van der Waals surface area contributed by atoms with Crippen molar-refractivity contribution < 1.29 is 9.84 Å². The summed E-state index contributed by atoms with van der Waals surface area (Å²) >= 11 is 6.10. The molecule has 0 bridgehead atoms. The van der Waals surface area contributed by atoms with Crippen LogP contribution in [0.15, 0.2) is 12.1 Å². The second-order valence-electron chi connectivity index (χ2n) is 5.12. The van der Waals surface area contributed by atoms with E-state index in [1.165, 1.54) is 0 Å². The first-order valence-electron chi connectivity index (χ1n) is 5.54. The summed E-state index contributed by atoms with van der Waals surface area (Å²) in [6.07, 6.45) is 1.09. The molecule has 0 aromatic heterocycles. The second kappa shape index (κ2) is 3.94. The Morgan fingerprint density at radius 1 is 1.50 bits per heavy atom. The lowest BCUT2D eigenvalue weighted by molar-refractivity contribution is 0.206. The Labute approximate surface area is 101 Å². The molecule has 2 rings (SSSR count). The highest BCUT2D eigenvalue weighted by Crippen LogP contribution is 2.41. The molecule has 88 valence electrons. The monoisotopic (exact) mass is 240 g/mol. The molecule has 1 atom stereocenters. The first-order chi connectivity index (χ1) is 7.44. The van der Waals surface area contributed by atoms with Gasteiger partial charge in [-0.15, -0.1) is 0 Å². The summed E-state index contributed by atoms with van der Waals surface area (Å²) in [4.78, 5) is 0. The van der Waals surface area contributed by atoms with Gasteiger partial charge >= 0.3 is 0 Å². The third-order valence-electron chi connectivity index (χ3n) is 3.08. The van der Waals surface area contributed by atoms with Crippen molar-refractivity contribution in [1.82, 2.24) is 0 Å². The predicted octanol–water partition coefficient (Wildman–Crippen LogP) is 2.93. The zero-order valence-corrected chi connectivity index (χ0v) is 10.6. The molecule has 1 aromatic carbocycles. The van der Waals surface area contributed by atoms with E-state index in [9.17, 15) is 5.11 Å². The molecule has 1 N–H and O–H groups in total. The Kier molecular flexibility index (Phi) is 2.89. The number of ether oxygens (including phenoxy) is 1. The van der Waals surface area contributed by atoms with Crippen LogP contribution in [0, 0.1) is 0 Å². The molecular formula is C13H17ClO2. The van der Waals surface area contributed by atoms with E-state index in [2.05, 4.69) is 0 Å². The molecule has 1 aromatic rings. The number of benzene rings is 1. The minimum Gasteiger partial charge on any atom is -0.490 e. The van der Waals surface area contributed by atoms with E-state index in [0.29, 0.717) is 5.02 Å². The zero-order chi connectivity index (χ0) is 11.9. The summed E-state index contributed by atoms with van der Waals surface area (Å²) in [5, 5.41) is 10.2. The minimum atomic E-state index is -0.320. The van der Waals surface area contributed by atoms with E-state index in [0.717, 1.165) is 23.3 Å². The fraction of sp³-hybridized carbons (Fsp3) is 0.538. The van der Waals surface area contributed by atoms with Crippen LogP contribution in [0.2, 0.25) is 5.02 Å². The van der Waals surface area contributed by atoms with Crippen molar-refractivity contribution in [3.8, 4) is 5.75 Å². The summed E-state index contributed by atoms with van der Waals surface area (Å²) in [6.45, 7) is 6.11. The smallest absolute Gasteiger partial charge is 0.126 e. The SMILES string of the molecule is CC1Cc2cc(Cl)cc(C(C)(C)CO)c2O1. The Bertz CT molecular complexity index is 413. The topological polar surface area (TPSA) is 29.5 Å². The van der Waals surface area contributed by atoms with Crippen LogP contribution in [0.25, 0.3) is 0 Å². The molecule has 0 fully saturated rings. The van der Waals surface area contributed by atoms with E-state index < -0.39 is 0 Å². The van der Waals surface area contributed by atoms with Crippen molar-refractivity contribution in [3.05, 3.63) is 28.3 Å². The van der Waals surface area contributed by atoms with Crippen LogP contribution in [-0.4, -0.2) is 17.8 Å². The lowest BCUT2D eigenvalue weighted by Crippen LogP contribution is -2.23. The van der Waals surface area contributed by atoms with E-state index >= 15 is 0 Å². The fourth-order valence-electron chi connectivity index (χ4n) is 2.08. The average molecular weight is 241 g/mol. The van der Waals surface area contributed by atoms with Crippen LogP contribution in [0.3, 0.4) is 0 Å². The van der Waals surface area contributed by atoms with Crippen LogP contribution in [0.4, 0.5) is 0 Å². The van der Waals surface area contributed by atoms with Gasteiger partial charge in [0.1, 0.15) is 11.9 Å². The van der Waals surface area contributed by atoms with Gasteiger partial charge in [0.05, 0.1) is 6.61 Å². The lowest BCUT2D eigenvalue weighted by atomic mass is 9.84. The van der Waals surface area contributed by atoms with Crippen LogP contribution in [0.1, 0.15) is 31.9 Å². The van der Waals surface area contributed by atoms with Crippen LogP contribution in [-0.2, 0) is 11.8 Å². The highest BCUT2D eigenvalue weighted by molar-refractivity contribution is 6.30. The number of hydrogen-bond acceptors (Lipinski definition) is 2. The molecule has 1 aliphatic rings. The number of fused-ring (bicyclic) bond motifs is 1. The predicted molar refractivity (Wildman–Crippen MR) is 65.4 cm³/mol. The summed E-state index contributed by atoms with van der Waals surface area (Å²) in [7, 11) is 0. The van der Waals surface area contributed by atoms with Gasteiger partial charge in [0.25, 0.3) is 0 Å². The minimum absolute atomic E-state index is 0.0809. The summed E-state index contributed by atoms with van der Waals surface area (Å²) < 4.78 is 5.81. The summed E-state index contributed by atoms with van der Waals surface area (Å²) in [6, 6.07) is 3.85. The third kappa shape index (κ3) is 1.92. The van der Waals surface area contributed by atoms with E-state index in [1.807, 2.05) is 32.9 Å². The summed E-state index contributed by atoms with van der Waals surface area (Å²) in [5.41, 5.74) is 1.83. The van der Waals surface area contributed by atoms with Crippen molar-refractivity contribution >= 4 is 11.6 Å². The number of rotatable bonds is 2. The van der Waals surface area contributed by atoms with Crippen molar-refractivity contribution in [1.29, 1.82) is 0 Å². The molecule has 0 saturated carbocycles. The molecule has 16 heavy (non-hydrogen) atoms. The first-order valence-corrected chi connectivity index (χ1v) is 5.92. The second-order valence-corrected chi connectivity index (χ2v) is 5.55. The van der Waals surface area contributed by atoms with Gasteiger partial charge in [-0.1, -0.05) is 25.4 Å². The third-order valence-corrected chi connectivity index (χ3v) is 3.30. The van der Waals surface area contributed by atoms with E-state index in [1.54, 1.807) is 0 Å². The molecule has 0 radical (unpaired) electrons. The van der Waals surface area contributed by atoms with Crippen molar-refractivity contribution in [2.45, 2.75) is 38.7 Å². The number of aliphatic hydroxyl groups excluding tert-OH is 1. The molecular weight excluding hydrogens is 224 g/mol. The van der Waals surface area contributed by atoms with Gasteiger partial charge < -0.3 is 9.84 Å². The Morgan fingerprint density at radius 2 is 2.19 bits per heavy atom. The van der Waals surface area contributed by atoms with Crippen molar-refractivity contribution in [2.24, 2.45) is 0 Å². The van der Waals surface area contributed by atoms with Crippen molar-refractivity contribution in [2.75, 3.05) is 6.61 Å². The van der Waals surface area contributed by atoms with Gasteiger partial charge in [0.2, 0.25) is 0 Å². The quantitative estimate of drug-likeness (QED) is 0.861. The van der Waals surface area contributed by atoms with Gasteiger partial charge in [0, 0.05) is 22.4 Å². The van der Waals surface area contributed by atoms with Gasteiger partial charge in [-0.3, -0.25) is 0 Å². The lowest BCUT2D eigenvalue weighted by Gasteiger charge is -2.25. The molecule has 0 aliphatic carbocycles. The standard InChI is InChI=1S/C13H17ClO2/c1-8-4-9-5-10(14)6-11(12(9)16-8)13(2,3)7-15/h5-6,8,15H,4,7H2,1-3H3. The fourth-order valence-corrected chi connectivity index (χ4v) is 2.32. The molecule has 1 heterocycles. The maximum Gasteiger partial charge on any atom is 0.126 e. The molecule has 0 amide bonds. The van der Waals surface area contributed by atoms with Gasteiger partial charge in [-0.25, -0.2) is 0 Å². The van der Waals surface area contributed by atoms with E-state index in [4.69, 9.17) is 16.3 Å². The maximum atomic E-state index is 9.44. The largest absolute Gasteiger partial charge is 0.490 e. The molecule has 1 unspecified atom stereocenters. The van der Waals surface area contributed by atoms with Crippen LogP contribution < -0.4 is 4.74 Å².